The molecular formula is C18H23N3O4. The van der Waals surface area contributed by atoms with Crippen LogP contribution in [0.5, 0.6) is 5.75 Å². The van der Waals surface area contributed by atoms with E-state index in [1.54, 1.807) is 36.5 Å². The molecule has 0 atom stereocenters. The quantitative estimate of drug-likeness (QED) is 0.739. The number of aromatic nitrogens is 1. The van der Waals surface area contributed by atoms with Crippen LogP contribution in [0, 0.1) is 0 Å². The summed E-state index contributed by atoms with van der Waals surface area (Å²) in [7, 11) is 1.88. The van der Waals surface area contributed by atoms with Gasteiger partial charge in [-0.3, -0.25) is 9.69 Å². The number of likely N-dealkylation sites (N-methyl/N-ethyl adjacent to an activating group) is 1. The molecule has 7 nitrogen and oxygen atoms in total. The van der Waals surface area contributed by atoms with Gasteiger partial charge in [-0.05, 0) is 50.0 Å². The van der Waals surface area contributed by atoms with Gasteiger partial charge in [0.15, 0.2) is 12.4 Å². The molecule has 2 rings (SSSR count). The summed E-state index contributed by atoms with van der Waals surface area (Å²) in [6.07, 6.45) is 1.66. The summed E-state index contributed by atoms with van der Waals surface area (Å²) in [5.74, 6) is 0.0177. The summed E-state index contributed by atoms with van der Waals surface area (Å²) in [6.45, 7) is 2.78. The van der Waals surface area contributed by atoms with E-state index in [1.807, 2.05) is 31.0 Å². The van der Waals surface area contributed by atoms with E-state index in [1.165, 1.54) is 0 Å². The number of rotatable bonds is 7. The van der Waals surface area contributed by atoms with E-state index in [9.17, 15) is 9.59 Å². The lowest BCUT2D eigenvalue weighted by molar-refractivity contribution is -0.139. The van der Waals surface area contributed by atoms with Crippen molar-refractivity contribution >= 4 is 17.6 Å². The predicted octanol–water partition coefficient (Wildman–Crippen LogP) is 1.95. The van der Waals surface area contributed by atoms with Gasteiger partial charge in [0.25, 0.3) is 0 Å². The molecule has 134 valence electrons. The second-order valence-corrected chi connectivity index (χ2v) is 5.21. The number of hydrogen-bond donors (Lipinski definition) is 2. The maximum Gasteiger partial charge on any atom is 0.341 e. The molecule has 1 heterocycles. The molecule has 0 saturated heterocycles. The van der Waals surface area contributed by atoms with Crippen molar-refractivity contribution in [3.63, 3.8) is 0 Å². The molecule has 1 aromatic heterocycles. The molecule has 3 N–H and O–H groups in total. The lowest BCUT2D eigenvalue weighted by Gasteiger charge is -2.12. The second kappa shape index (κ2) is 10.8. The van der Waals surface area contributed by atoms with Crippen LogP contribution in [0.25, 0.3) is 0 Å². The SMILES string of the molecule is CCN(C)CC(=O)c1ccc(OCC(=O)O)cc1.Nc1ccccn1. The number of hydrogen-bond acceptors (Lipinski definition) is 6. The lowest BCUT2D eigenvalue weighted by atomic mass is 10.1. The van der Waals surface area contributed by atoms with Crippen molar-refractivity contribution in [3.05, 3.63) is 54.2 Å². The zero-order valence-corrected chi connectivity index (χ0v) is 14.4. The Morgan fingerprint density at radius 3 is 2.32 bits per heavy atom. The summed E-state index contributed by atoms with van der Waals surface area (Å²) in [4.78, 5) is 27.8. The van der Waals surface area contributed by atoms with Gasteiger partial charge in [0.1, 0.15) is 11.6 Å². The molecule has 0 bridgehead atoms. The molecule has 1 aromatic carbocycles. The number of pyridine rings is 1. The Labute approximate surface area is 147 Å². The van der Waals surface area contributed by atoms with Crippen LogP contribution in [-0.2, 0) is 4.79 Å². The minimum atomic E-state index is -1.03. The normalized spacial score (nSPS) is 9.88. The highest BCUT2D eigenvalue weighted by molar-refractivity contribution is 5.97. The number of Topliss-reactive ketones (excluding diaryl/α,β-unsaturated/α-hetero) is 1. The Balaban J connectivity index is 0.000000370. The molecule has 0 aliphatic heterocycles. The Morgan fingerprint density at radius 1 is 1.20 bits per heavy atom. The molecule has 0 saturated carbocycles. The fourth-order valence-electron chi connectivity index (χ4n) is 1.71. The average molecular weight is 345 g/mol. The van der Waals surface area contributed by atoms with Crippen molar-refractivity contribution in [2.45, 2.75) is 6.92 Å². The van der Waals surface area contributed by atoms with E-state index in [4.69, 9.17) is 15.6 Å². The maximum atomic E-state index is 11.8. The number of nitrogen functional groups attached to an aromatic ring is 1. The second-order valence-electron chi connectivity index (χ2n) is 5.21. The number of nitrogens with zero attached hydrogens (tertiary/aromatic N) is 2. The van der Waals surface area contributed by atoms with Gasteiger partial charge in [0.05, 0.1) is 6.54 Å². The summed E-state index contributed by atoms with van der Waals surface area (Å²) < 4.78 is 4.98. The van der Waals surface area contributed by atoms with E-state index in [2.05, 4.69) is 4.98 Å². The average Bonchev–Trinajstić information content (AvgIpc) is 2.61. The number of ether oxygens (including phenoxy) is 1. The fraction of sp³-hybridized carbons (Fsp3) is 0.278. The zero-order chi connectivity index (χ0) is 18.7. The Hall–Kier alpha value is -2.93. The van der Waals surface area contributed by atoms with Gasteiger partial charge in [-0.15, -0.1) is 0 Å². The number of carbonyl (C=O) groups is 2. The highest BCUT2D eigenvalue weighted by Crippen LogP contribution is 2.12. The summed E-state index contributed by atoms with van der Waals surface area (Å²) in [5, 5.41) is 8.46. The summed E-state index contributed by atoms with van der Waals surface area (Å²) in [6, 6.07) is 11.9. The first-order valence-electron chi connectivity index (χ1n) is 7.75. The zero-order valence-electron chi connectivity index (χ0n) is 14.4. The maximum absolute atomic E-state index is 11.8. The molecule has 0 radical (unpaired) electrons. The van der Waals surface area contributed by atoms with Crippen LogP contribution < -0.4 is 10.5 Å². The number of carboxylic acids is 1. The molecule has 0 fully saturated rings. The van der Waals surface area contributed by atoms with Gasteiger partial charge < -0.3 is 15.6 Å². The van der Waals surface area contributed by atoms with E-state index in [0.29, 0.717) is 23.7 Å². The van der Waals surface area contributed by atoms with Gasteiger partial charge in [-0.1, -0.05) is 13.0 Å². The van der Waals surface area contributed by atoms with E-state index in [0.717, 1.165) is 6.54 Å². The number of anilines is 1. The van der Waals surface area contributed by atoms with Crippen molar-refractivity contribution in [3.8, 4) is 5.75 Å². The van der Waals surface area contributed by atoms with Crippen LogP contribution in [0.1, 0.15) is 17.3 Å². The van der Waals surface area contributed by atoms with Crippen molar-refractivity contribution in [1.82, 2.24) is 9.88 Å². The highest BCUT2D eigenvalue weighted by Gasteiger charge is 2.08. The van der Waals surface area contributed by atoms with Crippen LogP contribution >= 0.6 is 0 Å². The van der Waals surface area contributed by atoms with Gasteiger partial charge >= 0.3 is 5.97 Å². The number of carboxylic acid groups (broad SMARTS) is 1. The van der Waals surface area contributed by atoms with Gasteiger partial charge in [-0.2, -0.15) is 0 Å². The third-order valence-electron chi connectivity index (χ3n) is 3.18. The topological polar surface area (TPSA) is 106 Å². The van der Waals surface area contributed by atoms with Gasteiger partial charge in [0.2, 0.25) is 0 Å². The first-order chi connectivity index (χ1) is 11.9. The van der Waals surface area contributed by atoms with Crippen LogP contribution in [0.4, 0.5) is 5.82 Å². The molecule has 0 unspecified atom stereocenters. The molecule has 0 aliphatic carbocycles. The first kappa shape index (κ1) is 20.1. The highest BCUT2D eigenvalue weighted by atomic mass is 16.5. The standard InChI is InChI=1S/C13H17NO4.C5H6N2/c1-3-14(2)8-12(15)10-4-6-11(7-5-10)18-9-13(16)17;6-5-3-1-2-4-7-5/h4-7H,3,8-9H2,1-2H3,(H,16,17);1-4H,(H2,6,7). The lowest BCUT2D eigenvalue weighted by Crippen LogP contribution is -2.25. The van der Waals surface area contributed by atoms with Crippen molar-refractivity contribution in [2.75, 3.05) is 32.5 Å². The third-order valence-corrected chi connectivity index (χ3v) is 3.18. The summed E-state index contributed by atoms with van der Waals surface area (Å²) >= 11 is 0. The van der Waals surface area contributed by atoms with Gasteiger partial charge in [-0.25, -0.2) is 9.78 Å². The monoisotopic (exact) mass is 345 g/mol. The van der Waals surface area contributed by atoms with Crippen LogP contribution in [0.2, 0.25) is 0 Å². The number of aliphatic carboxylic acids is 1. The fourth-order valence-corrected chi connectivity index (χ4v) is 1.71. The first-order valence-corrected chi connectivity index (χ1v) is 7.75. The molecule has 7 heteroatoms. The number of benzene rings is 1. The number of nitrogens with two attached hydrogens (primary N) is 1. The number of ketones is 1. The summed E-state index contributed by atoms with van der Waals surface area (Å²) in [5.41, 5.74) is 5.84. The van der Waals surface area contributed by atoms with Crippen molar-refractivity contribution in [1.29, 1.82) is 0 Å². The van der Waals surface area contributed by atoms with Gasteiger partial charge in [0, 0.05) is 11.8 Å². The predicted molar refractivity (Wildman–Crippen MR) is 95.7 cm³/mol. The number of carbonyl (C=O) groups excluding carboxylic acids is 1. The van der Waals surface area contributed by atoms with Crippen molar-refractivity contribution < 1.29 is 19.4 Å². The minimum absolute atomic E-state index is 0.0316. The van der Waals surface area contributed by atoms with E-state index < -0.39 is 5.97 Å². The van der Waals surface area contributed by atoms with E-state index >= 15 is 0 Å². The third kappa shape index (κ3) is 8.47. The van der Waals surface area contributed by atoms with Crippen molar-refractivity contribution in [2.24, 2.45) is 0 Å². The molecule has 25 heavy (non-hydrogen) atoms. The van der Waals surface area contributed by atoms with Crippen LogP contribution in [-0.4, -0.2) is 53.5 Å². The smallest absolute Gasteiger partial charge is 0.341 e. The molecule has 0 amide bonds. The minimum Gasteiger partial charge on any atom is -0.482 e. The van der Waals surface area contributed by atoms with E-state index in [-0.39, 0.29) is 12.4 Å². The van der Waals surface area contributed by atoms with Crippen LogP contribution in [0.3, 0.4) is 0 Å². The Morgan fingerprint density at radius 2 is 1.88 bits per heavy atom. The molecular weight excluding hydrogens is 322 g/mol. The Bertz CT molecular complexity index is 660. The Kier molecular flexibility index (Phi) is 8.67. The molecule has 2 aromatic rings. The largest absolute Gasteiger partial charge is 0.482 e. The molecule has 0 aliphatic rings. The van der Waals surface area contributed by atoms with Crippen LogP contribution in [0.15, 0.2) is 48.7 Å². The molecule has 0 spiro atoms.